The standard InChI is InChI=1S/C22H26N2O4S3/c1-2-3-4-5-6-7-14-24-21(25)20(30-22(24)29)15-17-10-13-19(28-17)16-8-11-18(12-9-16)31(23,26)27/h8-13,15H,2-7,14H2,1H3,(H2,23,26,27)/b20-15-. The first-order valence-electron chi connectivity index (χ1n) is 10.3. The molecule has 1 aromatic heterocycles. The summed E-state index contributed by atoms with van der Waals surface area (Å²) in [7, 11) is -3.74. The molecule has 9 heteroatoms. The van der Waals surface area contributed by atoms with Crippen molar-refractivity contribution in [1.82, 2.24) is 4.90 Å². The quantitative estimate of drug-likeness (QED) is 0.288. The van der Waals surface area contributed by atoms with Gasteiger partial charge in [0.25, 0.3) is 5.91 Å². The number of nitrogens with two attached hydrogens (primary N) is 1. The van der Waals surface area contributed by atoms with Gasteiger partial charge in [0.2, 0.25) is 10.0 Å². The molecule has 6 nitrogen and oxygen atoms in total. The Morgan fingerprint density at radius 3 is 2.42 bits per heavy atom. The zero-order valence-corrected chi connectivity index (χ0v) is 19.8. The minimum Gasteiger partial charge on any atom is -0.457 e. The molecule has 1 amide bonds. The smallest absolute Gasteiger partial charge is 0.266 e. The highest BCUT2D eigenvalue weighted by atomic mass is 32.2. The van der Waals surface area contributed by atoms with E-state index in [0.29, 0.717) is 32.9 Å². The molecule has 0 spiro atoms. The van der Waals surface area contributed by atoms with E-state index < -0.39 is 10.0 Å². The lowest BCUT2D eigenvalue weighted by atomic mass is 10.1. The number of hydrogen-bond donors (Lipinski definition) is 1. The molecule has 0 saturated carbocycles. The van der Waals surface area contributed by atoms with Gasteiger partial charge in [-0.2, -0.15) is 0 Å². The summed E-state index contributed by atoms with van der Waals surface area (Å²) in [6, 6.07) is 9.66. The fourth-order valence-electron chi connectivity index (χ4n) is 3.27. The highest BCUT2D eigenvalue weighted by Crippen LogP contribution is 2.34. The van der Waals surface area contributed by atoms with Gasteiger partial charge in [-0.25, -0.2) is 13.6 Å². The first kappa shape index (κ1) is 23.7. The third-order valence-corrected chi connectivity index (χ3v) is 7.28. The van der Waals surface area contributed by atoms with E-state index in [1.54, 1.807) is 35.2 Å². The molecule has 1 aliphatic heterocycles. The second-order valence-corrected chi connectivity index (χ2v) is 10.6. The van der Waals surface area contributed by atoms with Crippen LogP contribution in [0.25, 0.3) is 17.4 Å². The van der Waals surface area contributed by atoms with E-state index in [-0.39, 0.29) is 10.8 Å². The maximum Gasteiger partial charge on any atom is 0.266 e. The summed E-state index contributed by atoms with van der Waals surface area (Å²) in [5.74, 6) is 1.01. The summed E-state index contributed by atoms with van der Waals surface area (Å²) in [4.78, 5) is 15.0. The molecule has 1 fully saturated rings. The van der Waals surface area contributed by atoms with Gasteiger partial charge in [-0.05, 0) is 42.8 Å². The van der Waals surface area contributed by atoms with Crippen LogP contribution in [0.2, 0.25) is 0 Å². The molecule has 0 atom stereocenters. The molecule has 2 aromatic rings. The largest absolute Gasteiger partial charge is 0.457 e. The number of unbranched alkanes of at least 4 members (excludes halogenated alkanes) is 5. The number of thioether (sulfide) groups is 1. The number of carbonyl (C=O) groups excluding carboxylic acids is 1. The normalized spacial score (nSPS) is 15.9. The van der Waals surface area contributed by atoms with Crippen LogP contribution in [0.4, 0.5) is 0 Å². The van der Waals surface area contributed by atoms with E-state index >= 15 is 0 Å². The molecular weight excluding hydrogens is 452 g/mol. The van der Waals surface area contributed by atoms with Crippen molar-refractivity contribution in [2.45, 2.75) is 50.3 Å². The van der Waals surface area contributed by atoms with E-state index in [4.69, 9.17) is 21.8 Å². The second kappa shape index (κ2) is 10.6. The maximum atomic E-state index is 12.7. The Morgan fingerprint density at radius 1 is 1.06 bits per heavy atom. The predicted molar refractivity (Wildman–Crippen MR) is 129 cm³/mol. The number of nitrogens with zero attached hydrogens (tertiary/aromatic N) is 1. The fraction of sp³-hybridized carbons (Fsp3) is 0.364. The maximum absolute atomic E-state index is 12.7. The average molecular weight is 479 g/mol. The summed E-state index contributed by atoms with van der Waals surface area (Å²) in [5.41, 5.74) is 0.711. The highest BCUT2D eigenvalue weighted by Gasteiger charge is 2.31. The molecule has 0 radical (unpaired) electrons. The summed E-state index contributed by atoms with van der Waals surface area (Å²) in [6.45, 7) is 2.84. The van der Waals surface area contributed by atoms with Gasteiger partial charge in [-0.15, -0.1) is 0 Å². The van der Waals surface area contributed by atoms with Crippen molar-refractivity contribution < 1.29 is 17.6 Å². The van der Waals surface area contributed by atoms with Gasteiger partial charge in [0.1, 0.15) is 15.8 Å². The minimum atomic E-state index is -3.74. The number of amides is 1. The van der Waals surface area contributed by atoms with Crippen LogP contribution < -0.4 is 5.14 Å². The summed E-state index contributed by atoms with van der Waals surface area (Å²) in [6.07, 6.45) is 8.64. The number of carbonyl (C=O) groups is 1. The van der Waals surface area contributed by atoms with Gasteiger partial charge in [0, 0.05) is 18.2 Å². The zero-order valence-electron chi connectivity index (χ0n) is 17.4. The van der Waals surface area contributed by atoms with Crippen molar-refractivity contribution in [3.05, 3.63) is 47.1 Å². The second-order valence-electron chi connectivity index (χ2n) is 7.37. The van der Waals surface area contributed by atoms with Gasteiger partial charge in [-0.3, -0.25) is 9.69 Å². The van der Waals surface area contributed by atoms with E-state index in [2.05, 4.69) is 6.92 Å². The molecular formula is C22H26N2O4S3. The number of thiocarbonyl (C=S) groups is 1. The SMILES string of the molecule is CCCCCCCCN1C(=O)/C(=C/c2ccc(-c3ccc(S(N)(=O)=O)cc3)o2)SC1=S. The van der Waals surface area contributed by atoms with Crippen molar-refractivity contribution in [2.24, 2.45) is 5.14 Å². The number of furan rings is 1. The van der Waals surface area contributed by atoms with E-state index in [1.807, 2.05) is 0 Å². The topological polar surface area (TPSA) is 93.6 Å². The Balaban J connectivity index is 1.63. The van der Waals surface area contributed by atoms with E-state index in [0.717, 1.165) is 12.8 Å². The van der Waals surface area contributed by atoms with Crippen molar-refractivity contribution in [3.8, 4) is 11.3 Å². The van der Waals surface area contributed by atoms with Crippen LogP contribution in [0.15, 0.2) is 50.6 Å². The molecule has 166 valence electrons. The van der Waals surface area contributed by atoms with Crippen LogP contribution in [0.1, 0.15) is 51.2 Å². The Bertz CT molecular complexity index is 1070. The minimum absolute atomic E-state index is 0.0390. The van der Waals surface area contributed by atoms with Crippen molar-refractivity contribution in [2.75, 3.05) is 6.54 Å². The Kier molecular flexibility index (Phi) is 8.10. The molecule has 3 rings (SSSR count). The highest BCUT2D eigenvalue weighted by molar-refractivity contribution is 8.26. The summed E-state index contributed by atoms with van der Waals surface area (Å²) >= 11 is 6.68. The van der Waals surface area contributed by atoms with Crippen LogP contribution in [0.3, 0.4) is 0 Å². The zero-order chi connectivity index (χ0) is 22.4. The molecule has 0 bridgehead atoms. The number of hydrogen-bond acceptors (Lipinski definition) is 6. The van der Waals surface area contributed by atoms with Crippen LogP contribution in [0, 0.1) is 0 Å². The van der Waals surface area contributed by atoms with Crippen LogP contribution in [-0.2, 0) is 14.8 Å². The number of sulfonamides is 1. The third kappa shape index (κ3) is 6.29. The number of primary sulfonamides is 1. The van der Waals surface area contributed by atoms with Gasteiger partial charge in [0.15, 0.2) is 0 Å². The molecule has 0 aliphatic carbocycles. The van der Waals surface area contributed by atoms with E-state index in [9.17, 15) is 13.2 Å². The molecule has 1 aliphatic rings. The Labute approximate surface area is 192 Å². The molecule has 0 unspecified atom stereocenters. The molecule has 1 saturated heterocycles. The van der Waals surface area contributed by atoms with Crippen LogP contribution in [-0.4, -0.2) is 30.1 Å². The summed E-state index contributed by atoms with van der Waals surface area (Å²) < 4.78 is 29.2. The third-order valence-electron chi connectivity index (χ3n) is 4.98. The molecule has 1 aromatic carbocycles. The number of benzene rings is 1. The van der Waals surface area contributed by atoms with E-state index in [1.165, 1.54) is 49.6 Å². The van der Waals surface area contributed by atoms with Gasteiger partial charge in [-0.1, -0.05) is 63.0 Å². The fourth-order valence-corrected chi connectivity index (χ4v) is 5.07. The van der Waals surface area contributed by atoms with Crippen LogP contribution >= 0.6 is 24.0 Å². The van der Waals surface area contributed by atoms with Crippen LogP contribution in [0.5, 0.6) is 0 Å². The molecule has 31 heavy (non-hydrogen) atoms. The Morgan fingerprint density at radius 2 is 1.74 bits per heavy atom. The predicted octanol–water partition coefficient (Wildman–Crippen LogP) is 5.16. The molecule has 2 N–H and O–H groups in total. The monoisotopic (exact) mass is 478 g/mol. The van der Waals surface area contributed by atoms with Crippen molar-refractivity contribution in [3.63, 3.8) is 0 Å². The lowest BCUT2D eigenvalue weighted by Gasteiger charge is -2.13. The molecule has 2 heterocycles. The average Bonchev–Trinajstić information content (AvgIpc) is 3.30. The first-order valence-corrected chi connectivity index (χ1v) is 13.0. The number of rotatable bonds is 10. The van der Waals surface area contributed by atoms with Gasteiger partial charge >= 0.3 is 0 Å². The first-order chi connectivity index (χ1) is 14.8. The van der Waals surface area contributed by atoms with Gasteiger partial charge in [0.05, 0.1) is 9.80 Å². The van der Waals surface area contributed by atoms with Crippen molar-refractivity contribution >= 4 is 50.3 Å². The summed E-state index contributed by atoms with van der Waals surface area (Å²) in [5, 5.41) is 5.13. The lowest BCUT2D eigenvalue weighted by Crippen LogP contribution is -2.28. The van der Waals surface area contributed by atoms with Gasteiger partial charge < -0.3 is 4.42 Å². The van der Waals surface area contributed by atoms with Crippen molar-refractivity contribution in [1.29, 1.82) is 0 Å². The lowest BCUT2D eigenvalue weighted by molar-refractivity contribution is -0.122. The Hall–Kier alpha value is -1.94.